The van der Waals surface area contributed by atoms with Crippen molar-refractivity contribution < 1.29 is 0 Å². The molecule has 0 amide bonds. The fourth-order valence-corrected chi connectivity index (χ4v) is 3.95. The van der Waals surface area contributed by atoms with Crippen LogP contribution in [0, 0.1) is 11.8 Å². The highest BCUT2D eigenvalue weighted by Crippen LogP contribution is 2.31. The molecule has 1 N–H and O–H groups in total. The molecule has 1 fully saturated rings. The van der Waals surface area contributed by atoms with Crippen molar-refractivity contribution in [1.82, 2.24) is 5.32 Å². The molecule has 1 aromatic rings. The van der Waals surface area contributed by atoms with E-state index >= 15 is 0 Å². The van der Waals surface area contributed by atoms with Gasteiger partial charge in [0.1, 0.15) is 0 Å². The summed E-state index contributed by atoms with van der Waals surface area (Å²) in [5.74, 6) is 1.63. The summed E-state index contributed by atoms with van der Waals surface area (Å²) in [5, 5.41) is 5.18. The molecule has 0 aliphatic heterocycles. The van der Waals surface area contributed by atoms with Gasteiger partial charge in [-0.05, 0) is 55.7 Å². The summed E-state index contributed by atoms with van der Waals surface area (Å²) >= 11 is 12.2. The van der Waals surface area contributed by atoms with Crippen LogP contribution in [0.25, 0.3) is 0 Å². The van der Waals surface area contributed by atoms with Crippen LogP contribution in [0.5, 0.6) is 0 Å². The molecule has 1 aliphatic carbocycles. The summed E-state index contributed by atoms with van der Waals surface area (Å²) in [6.45, 7) is 6.88. The number of nitrogens with one attached hydrogen (secondary N) is 1. The number of benzene rings is 1. The van der Waals surface area contributed by atoms with E-state index in [0.29, 0.717) is 11.1 Å². The Balaban J connectivity index is 2.02. The SMILES string of the molecule is CC1CC(C)CC(NC(C)c2ccc(Cl)cc2Cl)C1. The lowest BCUT2D eigenvalue weighted by molar-refractivity contribution is 0.228. The Kier molecular flexibility index (Phi) is 5.16. The molecule has 1 saturated carbocycles. The first-order chi connectivity index (χ1) is 8.95. The van der Waals surface area contributed by atoms with Crippen LogP contribution < -0.4 is 5.32 Å². The van der Waals surface area contributed by atoms with Crippen LogP contribution in [0.3, 0.4) is 0 Å². The number of halogens is 2. The third-order valence-electron chi connectivity index (χ3n) is 4.09. The van der Waals surface area contributed by atoms with Gasteiger partial charge in [-0.1, -0.05) is 43.1 Å². The molecular weight excluding hydrogens is 277 g/mol. The normalized spacial score (nSPS) is 29.2. The molecule has 106 valence electrons. The quantitative estimate of drug-likeness (QED) is 0.780. The minimum absolute atomic E-state index is 0.271. The summed E-state index contributed by atoms with van der Waals surface area (Å²) in [5.41, 5.74) is 1.14. The first-order valence-corrected chi connectivity index (χ1v) is 7.92. The Morgan fingerprint density at radius 1 is 1.11 bits per heavy atom. The molecule has 2 rings (SSSR count). The fraction of sp³-hybridized carbons (Fsp3) is 0.625. The molecule has 0 spiro atoms. The Morgan fingerprint density at radius 2 is 1.74 bits per heavy atom. The topological polar surface area (TPSA) is 12.0 Å². The lowest BCUT2D eigenvalue weighted by atomic mass is 9.80. The van der Waals surface area contributed by atoms with Crippen molar-refractivity contribution in [2.75, 3.05) is 0 Å². The van der Waals surface area contributed by atoms with E-state index in [1.165, 1.54) is 19.3 Å². The summed E-state index contributed by atoms with van der Waals surface area (Å²) in [4.78, 5) is 0. The third kappa shape index (κ3) is 4.11. The van der Waals surface area contributed by atoms with E-state index < -0.39 is 0 Å². The predicted molar refractivity (Wildman–Crippen MR) is 84.0 cm³/mol. The van der Waals surface area contributed by atoms with Crippen LogP contribution in [0.2, 0.25) is 10.0 Å². The molecule has 0 radical (unpaired) electrons. The van der Waals surface area contributed by atoms with Crippen molar-refractivity contribution in [1.29, 1.82) is 0 Å². The van der Waals surface area contributed by atoms with Gasteiger partial charge in [0.2, 0.25) is 0 Å². The molecule has 1 aromatic carbocycles. The van der Waals surface area contributed by atoms with Crippen molar-refractivity contribution >= 4 is 23.2 Å². The molecule has 0 bridgehead atoms. The molecule has 1 aliphatic rings. The van der Waals surface area contributed by atoms with Crippen molar-refractivity contribution in [3.8, 4) is 0 Å². The fourth-order valence-electron chi connectivity index (χ4n) is 3.38. The van der Waals surface area contributed by atoms with E-state index in [2.05, 4.69) is 26.1 Å². The van der Waals surface area contributed by atoms with Gasteiger partial charge in [-0.2, -0.15) is 0 Å². The lowest BCUT2D eigenvalue weighted by Gasteiger charge is -2.34. The molecule has 1 nitrogen and oxygen atoms in total. The largest absolute Gasteiger partial charge is 0.307 e. The molecule has 0 aromatic heterocycles. The summed E-state index contributed by atoms with van der Waals surface area (Å²) in [6.07, 6.45) is 3.88. The maximum absolute atomic E-state index is 6.27. The van der Waals surface area contributed by atoms with E-state index in [1.807, 2.05) is 18.2 Å². The Bertz CT molecular complexity index is 423. The molecule has 0 heterocycles. The Hall–Kier alpha value is -0.240. The minimum Gasteiger partial charge on any atom is -0.307 e. The predicted octanol–water partition coefficient (Wildman–Crippen LogP) is 5.47. The van der Waals surface area contributed by atoms with Gasteiger partial charge < -0.3 is 5.32 Å². The Morgan fingerprint density at radius 3 is 2.32 bits per heavy atom. The standard InChI is InChI=1S/C16H23Cl2N/c1-10-6-11(2)8-14(7-10)19-12(3)15-5-4-13(17)9-16(15)18/h4-5,9-12,14,19H,6-8H2,1-3H3. The van der Waals surface area contributed by atoms with E-state index in [0.717, 1.165) is 22.4 Å². The van der Waals surface area contributed by atoms with Crippen LogP contribution in [0.1, 0.15) is 51.6 Å². The zero-order valence-electron chi connectivity index (χ0n) is 11.9. The van der Waals surface area contributed by atoms with Gasteiger partial charge in [-0.15, -0.1) is 0 Å². The first kappa shape index (κ1) is 15.2. The van der Waals surface area contributed by atoms with E-state index in [4.69, 9.17) is 23.2 Å². The molecule has 19 heavy (non-hydrogen) atoms. The average Bonchev–Trinajstić information content (AvgIpc) is 2.26. The van der Waals surface area contributed by atoms with Gasteiger partial charge in [0, 0.05) is 22.1 Å². The monoisotopic (exact) mass is 299 g/mol. The molecule has 3 atom stereocenters. The van der Waals surface area contributed by atoms with Gasteiger partial charge in [0.15, 0.2) is 0 Å². The van der Waals surface area contributed by atoms with Gasteiger partial charge >= 0.3 is 0 Å². The zero-order valence-corrected chi connectivity index (χ0v) is 13.4. The van der Waals surface area contributed by atoms with Gasteiger partial charge in [0.05, 0.1) is 0 Å². The van der Waals surface area contributed by atoms with Crippen LogP contribution in [0.15, 0.2) is 18.2 Å². The van der Waals surface area contributed by atoms with Crippen molar-refractivity contribution in [3.05, 3.63) is 33.8 Å². The zero-order chi connectivity index (χ0) is 14.0. The van der Waals surface area contributed by atoms with E-state index in [-0.39, 0.29) is 6.04 Å². The van der Waals surface area contributed by atoms with Gasteiger partial charge in [0.25, 0.3) is 0 Å². The number of hydrogen-bond donors (Lipinski definition) is 1. The van der Waals surface area contributed by atoms with Crippen LogP contribution in [-0.2, 0) is 0 Å². The average molecular weight is 300 g/mol. The third-order valence-corrected chi connectivity index (χ3v) is 4.66. The highest BCUT2D eigenvalue weighted by Gasteiger charge is 2.25. The second kappa shape index (κ2) is 6.47. The number of hydrogen-bond acceptors (Lipinski definition) is 1. The maximum Gasteiger partial charge on any atom is 0.0468 e. The Labute approximate surface area is 126 Å². The smallest absolute Gasteiger partial charge is 0.0468 e. The number of rotatable bonds is 3. The lowest BCUT2D eigenvalue weighted by Crippen LogP contribution is -2.37. The van der Waals surface area contributed by atoms with Gasteiger partial charge in [-0.25, -0.2) is 0 Å². The van der Waals surface area contributed by atoms with E-state index in [9.17, 15) is 0 Å². The minimum atomic E-state index is 0.271. The highest BCUT2D eigenvalue weighted by molar-refractivity contribution is 6.35. The summed E-state index contributed by atoms with van der Waals surface area (Å²) in [7, 11) is 0. The van der Waals surface area contributed by atoms with Crippen LogP contribution >= 0.6 is 23.2 Å². The van der Waals surface area contributed by atoms with E-state index in [1.54, 1.807) is 0 Å². The summed E-state index contributed by atoms with van der Waals surface area (Å²) < 4.78 is 0. The van der Waals surface area contributed by atoms with Crippen molar-refractivity contribution in [2.45, 2.75) is 52.1 Å². The van der Waals surface area contributed by atoms with Crippen molar-refractivity contribution in [3.63, 3.8) is 0 Å². The molecule has 3 unspecified atom stereocenters. The van der Waals surface area contributed by atoms with Crippen molar-refractivity contribution in [2.24, 2.45) is 11.8 Å². The maximum atomic E-state index is 6.27. The molecule has 0 saturated heterocycles. The highest BCUT2D eigenvalue weighted by atomic mass is 35.5. The van der Waals surface area contributed by atoms with Crippen LogP contribution in [0.4, 0.5) is 0 Å². The van der Waals surface area contributed by atoms with Gasteiger partial charge in [-0.3, -0.25) is 0 Å². The molecule has 3 heteroatoms. The summed E-state index contributed by atoms with van der Waals surface area (Å²) in [6, 6.07) is 6.63. The second-order valence-corrected chi connectivity index (χ2v) is 7.01. The second-order valence-electron chi connectivity index (χ2n) is 6.17. The first-order valence-electron chi connectivity index (χ1n) is 7.16. The molecular formula is C16H23Cl2N. The van der Waals surface area contributed by atoms with Crippen LogP contribution in [-0.4, -0.2) is 6.04 Å².